The zero-order valence-electron chi connectivity index (χ0n) is 11.2. The van der Waals surface area contributed by atoms with Gasteiger partial charge in [-0.3, -0.25) is 15.1 Å². The number of carboxylic acid groups (broad SMARTS) is 1. The Labute approximate surface area is 120 Å². The van der Waals surface area contributed by atoms with Crippen molar-refractivity contribution in [1.29, 1.82) is 0 Å². The van der Waals surface area contributed by atoms with E-state index in [9.17, 15) is 20.0 Å². The zero-order valence-corrected chi connectivity index (χ0v) is 11.2. The van der Waals surface area contributed by atoms with E-state index in [4.69, 9.17) is 5.84 Å². The van der Waals surface area contributed by atoms with E-state index in [1.54, 1.807) is 31.2 Å². The predicted molar refractivity (Wildman–Crippen MR) is 77.6 cm³/mol. The SMILES string of the molecule is Cc1ccc([N+](=O)[O-])cc1N(N)c1ccccc1C(=O)O. The maximum atomic E-state index is 11.2. The van der Waals surface area contributed by atoms with Crippen molar-refractivity contribution in [3.05, 3.63) is 63.7 Å². The summed E-state index contributed by atoms with van der Waals surface area (Å²) in [6.07, 6.45) is 0. The summed E-state index contributed by atoms with van der Waals surface area (Å²) in [5.74, 6) is 4.85. The predicted octanol–water partition coefficient (Wildman–Crippen LogP) is 2.61. The van der Waals surface area contributed by atoms with Crippen LogP contribution in [0.1, 0.15) is 15.9 Å². The highest BCUT2D eigenvalue weighted by Gasteiger charge is 2.18. The molecule has 0 atom stereocenters. The van der Waals surface area contributed by atoms with Gasteiger partial charge in [-0.25, -0.2) is 10.6 Å². The quantitative estimate of drug-likeness (QED) is 0.508. The zero-order chi connectivity index (χ0) is 15.6. The molecule has 21 heavy (non-hydrogen) atoms. The number of hydrogen-bond donors (Lipinski definition) is 2. The summed E-state index contributed by atoms with van der Waals surface area (Å²) in [7, 11) is 0. The van der Waals surface area contributed by atoms with Crippen molar-refractivity contribution in [3.63, 3.8) is 0 Å². The number of nitro benzene ring substituents is 1. The number of nitro groups is 1. The van der Waals surface area contributed by atoms with Crippen molar-refractivity contribution >= 4 is 23.0 Å². The molecule has 2 rings (SSSR count). The molecule has 0 saturated carbocycles. The van der Waals surface area contributed by atoms with Gasteiger partial charge in [0.25, 0.3) is 5.69 Å². The van der Waals surface area contributed by atoms with Gasteiger partial charge in [-0.2, -0.15) is 0 Å². The molecule has 0 unspecified atom stereocenters. The Kier molecular flexibility index (Phi) is 3.86. The fourth-order valence-electron chi connectivity index (χ4n) is 1.97. The molecule has 0 radical (unpaired) electrons. The van der Waals surface area contributed by atoms with Crippen molar-refractivity contribution in [2.24, 2.45) is 5.84 Å². The fraction of sp³-hybridized carbons (Fsp3) is 0.0714. The van der Waals surface area contributed by atoms with Crippen molar-refractivity contribution in [2.75, 3.05) is 5.01 Å². The molecule has 0 spiro atoms. The highest BCUT2D eigenvalue weighted by molar-refractivity contribution is 5.95. The summed E-state index contributed by atoms with van der Waals surface area (Å²) in [5.41, 5.74) is 1.24. The van der Waals surface area contributed by atoms with Gasteiger partial charge in [0, 0.05) is 12.1 Å². The molecule has 0 amide bonds. The standard InChI is InChI=1S/C14H13N3O4/c1-9-6-7-10(17(20)21)8-13(9)16(15)12-5-3-2-4-11(12)14(18)19/h2-8H,15H2,1H3,(H,18,19). The second kappa shape index (κ2) is 5.59. The first kappa shape index (κ1) is 14.5. The number of carbonyl (C=O) groups is 1. The molecule has 7 nitrogen and oxygen atoms in total. The lowest BCUT2D eigenvalue weighted by atomic mass is 10.1. The first-order valence-corrected chi connectivity index (χ1v) is 6.04. The Balaban J connectivity index is 2.55. The number of aromatic carboxylic acids is 1. The fourth-order valence-corrected chi connectivity index (χ4v) is 1.97. The van der Waals surface area contributed by atoms with Crippen molar-refractivity contribution in [1.82, 2.24) is 0 Å². The van der Waals surface area contributed by atoms with E-state index in [1.165, 1.54) is 18.2 Å². The second-order valence-corrected chi connectivity index (χ2v) is 4.42. The van der Waals surface area contributed by atoms with Crippen LogP contribution < -0.4 is 10.9 Å². The van der Waals surface area contributed by atoms with E-state index in [1.807, 2.05) is 0 Å². The Morgan fingerprint density at radius 3 is 2.52 bits per heavy atom. The van der Waals surface area contributed by atoms with Crippen molar-refractivity contribution in [3.8, 4) is 0 Å². The van der Waals surface area contributed by atoms with Gasteiger partial charge in [0.15, 0.2) is 0 Å². The van der Waals surface area contributed by atoms with Crippen LogP contribution in [0.15, 0.2) is 42.5 Å². The summed E-state index contributed by atoms with van der Waals surface area (Å²) >= 11 is 0. The second-order valence-electron chi connectivity index (χ2n) is 4.42. The van der Waals surface area contributed by atoms with Crippen LogP contribution in [0.25, 0.3) is 0 Å². The van der Waals surface area contributed by atoms with Crippen LogP contribution in [-0.2, 0) is 0 Å². The molecule has 2 aromatic rings. The van der Waals surface area contributed by atoms with E-state index in [-0.39, 0.29) is 16.9 Å². The first-order chi connectivity index (χ1) is 9.91. The summed E-state index contributed by atoms with van der Waals surface area (Å²) in [4.78, 5) is 21.6. The number of aryl methyl sites for hydroxylation is 1. The van der Waals surface area contributed by atoms with E-state index in [0.29, 0.717) is 11.3 Å². The third-order valence-corrected chi connectivity index (χ3v) is 3.06. The summed E-state index contributed by atoms with van der Waals surface area (Å²) in [5, 5.41) is 21.2. The average Bonchev–Trinajstić information content (AvgIpc) is 2.46. The van der Waals surface area contributed by atoms with E-state index < -0.39 is 10.9 Å². The van der Waals surface area contributed by atoms with Gasteiger partial charge in [-0.1, -0.05) is 18.2 Å². The normalized spacial score (nSPS) is 10.2. The first-order valence-electron chi connectivity index (χ1n) is 6.04. The maximum Gasteiger partial charge on any atom is 0.337 e. The number of non-ortho nitro benzene ring substituents is 1. The summed E-state index contributed by atoms with van der Waals surface area (Å²) < 4.78 is 0. The van der Waals surface area contributed by atoms with Crippen LogP contribution >= 0.6 is 0 Å². The van der Waals surface area contributed by atoms with Crippen LogP contribution in [0.5, 0.6) is 0 Å². The Bertz CT molecular complexity index is 715. The topological polar surface area (TPSA) is 110 Å². The van der Waals surface area contributed by atoms with Crippen LogP contribution in [-0.4, -0.2) is 16.0 Å². The third kappa shape index (κ3) is 2.82. The van der Waals surface area contributed by atoms with E-state index in [2.05, 4.69) is 0 Å². The molecule has 0 aliphatic heterocycles. The van der Waals surface area contributed by atoms with Gasteiger partial charge in [-0.15, -0.1) is 0 Å². The molecule has 3 N–H and O–H groups in total. The average molecular weight is 287 g/mol. The lowest BCUT2D eigenvalue weighted by Crippen LogP contribution is -2.27. The van der Waals surface area contributed by atoms with E-state index >= 15 is 0 Å². The van der Waals surface area contributed by atoms with Gasteiger partial charge in [0.1, 0.15) is 0 Å². The number of nitrogens with two attached hydrogens (primary N) is 1. The molecular formula is C14H13N3O4. The molecule has 0 fully saturated rings. The molecule has 108 valence electrons. The van der Waals surface area contributed by atoms with Gasteiger partial charge < -0.3 is 5.11 Å². The minimum atomic E-state index is -1.12. The molecular weight excluding hydrogens is 274 g/mol. The highest BCUT2D eigenvalue weighted by Crippen LogP contribution is 2.30. The Morgan fingerprint density at radius 1 is 1.24 bits per heavy atom. The van der Waals surface area contributed by atoms with Crippen LogP contribution in [0.3, 0.4) is 0 Å². The van der Waals surface area contributed by atoms with Gasteiger partial charge in [-0.05, 0) is 24.6 Å². The van der Waals surface area contributed by atoms with Crippen LogP contribution in [0, 0.1) is 17.0 Å². The monoisotopic (exact) mass is 287 g/mol. The number of benzene rings is 2. The van der Waals surface area contributed by atoms with Gasteiger partial charge >= 0.3 is 5.97 Å². The van der Waals surface area contributed by atoms with Gasteiger partial charge in [0.05, 0.1) is 21.9 Å². The third-order valence-electron chi connectivity index (χ3n) is 3.06. The Morgan fingerprint density at radius 2 is 1.90 bits per heavy atom. The van der Waals surface area contributed by atoms with Crippen molar-refractivity contribution in [2.45, 2.75) is 6.92 Å². The molecule has 0 saturated heterocycles. The number of hydrazine groups is 1. The van der Waals surface area contributed by atoms with E-state index in [0.717, 1.165) is 5.01 Å². The Hall–Kier alpha value is -2.93. The maximum absolute atomic E-state index is 11.2. The molecule has 0 aliphatic carbocycles. The lowest BCUT2D eigenvalue weighted by Gasteiger charge is -2.22. The van der Waals surface area contributed by atoms with Crippen molar-refractivity contribution < 1.29 is 14.8 Å². The number of para-hydroxylation sites is 1. The molecule has 0 aliphatic rings. The largest absolute Gasteiger partial charge is 0.478 e. The number of nitrogens with zero attached hydrogens (tertiary/aromatic N) is 2. The molecule has 2 aromatic carbocycles. The minimum absolute atomic E-state index is 0.0194. The minimum Gasteiger partial charge on any atom is -0.478 e. The molecule has 7 heteroatoms. The summed E-state index contributed by atoms with van der Waals surface area (Å²) in [6, 6.07) is 10.4. The van der Waals surface area contributed by atoms with Gasteiger partial charge in [0.2, 0.25) is 0 Å². The highest BCUT2D eigenvalue weighted by atomic mass is 16.6. The number of carboxylic acids is 1. The number of anilines is 2. The lowest BCUT2D eigenvalue weighted by molar-refractivity contribution is -0.384. The molecule has 0 bridgehead atoms. The summed E-state index contributed by atoms with van der Waals surface area (Å²) in [6.45, 7) is 1.74. The number of hydrogen-bond acceptors (Lipinski definition) is 5. The number of rotatable bonds is 4. The smallest absolute Gasteiger partial charge is 0.337 e. The molecule has 0 heterocycles. The van der Waals surface area contributed by atoms with Crippen LogP contribution in [0.2, 0.25) is 0 Å². The van der Waals surface area contributed by atoms with Crippen LogP contribution in [0.4, 0.5) is 17.1 Å². The molecule has 0 aromatic heterocycles.